The molecule has 0 aliphatic heterocycles. The van der Waals surface area contributed by atoms with Crippen LogP contribution in [0.1, 0.15) is 25.0 Å². The van der Waals surface area contributed by atoms with Gasteiger partial charge in [-0.3, -0.25) is 4.79 Å². The third kappa shape index (κ3) is 2.99. The lowest BCUT2D eigenvalue weighted by Crippen LogP contribution is -2.17. The molecule has 0 aromatic heterocycles. The van der Waals surface area contributed by atoms with Crippen LogP contribution in [0, 0.1) is 12.8 Å². The summed E-state index contributed by atoms with van der Waals surface area (Å²) in [6.45, 7) is 6.10. The van der Waals surface area contributed by atoms with E-state index in [1.807, 2.05) is 39.0 Å². The molecule has 0 spiro atoms. The van der Waals surface area contributed by atoms with E-state index in [0.29, 0.717) is 13.0 Å². The molecule has 1 atom stereocenters. The van der Waals surface area contributed by atoms with Crippen LogP contribution in [0.15, 0.2) is 18.2 Å². The van der Waals surface area contributed by atoms with Crippen molar-refractivity contribution in [2.24, 2.45) is 5.92 Å². The predicted octanol–water partition coefficient (Wildman–Crippen LogP) is 2.32. The average molecular weight is 221 g/mol. The summed E-state index contributed by atoms with van der Waals surface area (Å²) in [6.07, 6.45) is 0.676. The minimum atomic E-state index is -0.149. The Kier molecular flexibility index (Phi) is 4.35. The van der Waals surface area contributed by atoms with Gasteiger partial charge in [-0.25, -0.2) is 0 Å². The number of benzene rings is 1. The molecule has 0 aliphatic carbocycles. The number of carbonyl (C=O) groups excluding carboxylic acids is 1. The maximum atomic E-state index is 11.5. The van der Waals surface area contributed by atoms with E-state index in [4.69, 9.17) is 10.5 Å². The van der Waals surface area contributed by atoms with Crippen LogP contribution in [0.5, 0.6) is 0 Å². The quantitative estimate of drug-likeness (QED) is 0.627. The topological polar surface area (TPSA) is 52.3 Å². The smallest absolute Gasteiger partial charge is 0.308 e. The van der Waals surface area contributed by atoms with Gasteiger partial charge in [0.25, 0.3) is 0 Å². The zero-order valence-corrected chi connectivity index (χ0v) is 10.1. The molecule has 0 fully saturated rings. The van der Waals surface area contributed by atoms with Gasteiger partial charge in [0.1, 0.15) is 0 Å². The van der Waals surface area contributed by atoms with Gasteiger partial charge < -0.3 is 10.5 Å². The van der Waals surface area contributed by atoms with Crippen LogP contribution >= 0.6 is 0 Å². The Morgan fingerprint density at radius 3 is 2.81 bits per heavy atom. The maximum absolute atomic E-state index is 11.5. The summed E-state index contributed by atoms with van der Waals surface area (Å²) in [5, 5.41) is 0. The van der Waals surface area contributed by atoms with E-state index in [9.17, 15) is 4.79 Å². The number of rotatable bonds is 4. The van der Waals surface area contributed by atoms with Gasteiger partial charge in [-0.2, -0.15) is 0 Å². The first-order valence-electron chi connectivity index (χ1n) is 5.56. The lowest BCUT2D eigenvalue weighted by atomic mass is 9.96. The third-order valence-electron chi connectivity index (χ3n) is 2.70. The molecular formula is C13H19NO2. The Bertz CT molecular complexity index is 374. The Morgan fingerprint density at radius 1 is 1.50 bits per heavy atom. The van der Waals surface area contributed by atoms with E-state index >= 15 is 0 Å². The van der Waals surface area contributed by atoms with Crippen LogP contribution in [-0.4, -0.2) is 12.6 Å². The fourth-order valence-electron chi connectivity index (χ4n) is 1.62. The van der Waals surface area contributed by atoms with E-state index in [0.717, 1.165) is 16.8 Å². The summed E-state index contributed by atoms with van der Waals surface area (Å²) in [5.74, 6) is -0.273. The number of hydrogen-bond donors (Lipinski definition) is 1. The Balaban J connectivity index is 2.73. The van der Waals surface area contributed by atoms with E-state index in [1.54, 1.807) is 0 Å². The molecule has 0 saturated carbocycles. The third-order valence-corrected chi connectivity index (χ3v) is 2.70. The van der Waals surface area contributed by atoms with Crippen LogP contribution in [0.2, 0.25) is 0 Å². The van der Waals surface area contributed by atoms with E-state index < -0.39 is 0 Å². The molecule has 0 radical (unpaired) electrons. The second kappa shape index (κ2) is 5.54. The van der Waals surface area contributed by atoms with E-state index in [2.05, 4.69) is 0 Å². The lowest BCUT2D eigenvalue weighted by Gasteiger charge is -2.13. The van der Waals surface area contributed by atoms with Crippen molar-refractivity contribution < 1.29 is 9.53 Å². The number of carbonyl (C=O) groups is 1. The van der Waals surface area contributed by atoms with Crippen LogP contribution in [0.3, 0.4) is 0 Å². The van der Waals surface area contributed by atoms with Gasteiger partial charge in [-0.1, -0.05) is 19.1 Å². The van der Waals surface area contributed by atoms with Crippen molar-refractivity contribution in [3.05, 3.63) is 29.3 Å². The largest absolute Gasteiger partial charge is 0.466 e. The second-order valence-electron chi connectivity index (χ2n) is 3.99. The monoisotopic (exact) mass is 221 g/mol. The molecule has 0 unspecified atom stereocenters. The molecular weight excluding hydrogens is 202 g/mol. The molecule has 0 bridgehead atoms. The highest BCUT2D eigenvalue weighted by atomic mass is 16.5. The maximum Gasteiger partial charge on any atom is 0.308 e. The summed E-state index contributed by atoms with van der Waals surface area (Å²) in [6, 6.07) is 5.78. The Morgan fingerprint density at radius 2 is 2.19 bits per heavy atom. The van der Waals surface area contributed by atoms with E-state index in [-0.39, 0.29) is 11.9 Å². The van der Waals surface area contributed by atoms with E-state index in [1.165, 1.54) is 0 Å². The normalized spacial score (nSPS) is 12.2. The second-order valence-corrected chi connectivity index (χ2v) is 3.99. The number of hydrogen-bond acceptors (Lipinski definition) is 3. The van der Waals surface area contributed by atoms with Crippen molar-refractivity contribution >= 4 is 11.7 Å². The molecule has 1 rings (SSSR count). The highest BCUT2D eigenvalue weighted by Gasteiger charge is 2.15. The Labute approximate surface area is 96.6 Å². The van der Waals surface area contributed by atoms with Gasteiger partial charge in [0, 0.05) is 5.69 Å². The molecule has 16 heavy (non-hydrogen) atoms. The Hall–Kier alpha value is -1.51. The predicted molar refractivity (Wildman–Crippen MR) is 65.1 cm³/mol. The van der Waals surface area contributed by atoms with Crippen molar-refractivity contribution in [3.8, 4) is 0 Å². The highest BCUT2D eigenvalue weighted by Crippen LogP contribution is 2.19. The van der Waals surface area contributed by atoms with Crippen molar-refractivity contribution in [2.45, 2.75) is 27.2 Å². The summed E-state index contributed by atoms with van der Waals surface area (Å²) >= 11 is 0. The zero-order valence-electron chi connectivity index (χ0n) is 10.1. The molecule has 0 amide bonds. The number of nitrogen functional groups attached to an aromatic ring is 1. The standard InChI is InChI=1S/C13H19NO2/c1-4-16-13(15)9(2)8-11-6-5-7-12(14)10(11)3/h5-7,9H,4,8,14H2,1-3H3/t9-/m0/s1. The van der Waals surface area contributed by atoms with Crippen LogP contribution in [0.4, 0.5) is 5.69 Å². The molecule has 88 valence electrons. The average Bonchev–Trinajstić information content (AvgIpc) is 2.25. The SMILES string of the molecule is CCOC(=O)[C@@H](C)Cc1cccc(N)c1C. The molecule has 3 heteroatoms. The first-order valence-corrected chi connectivity index (χ1v) is 5.56. The fraction of sp³-hybridized carbons (Fsp3) is 0.462. The minimum absolute atomic E-state index is 0.125. The summed E-state index contributed by atoms with van der Waals surface area (Å²) in [5.41, 5.74) is 8.75. The van der Waals surface area contributed by atoms with Crippen molar-refractivity contribution in [2.75, 3.05) is 12.3 Å². The molecule has 0 heterocycles. The first-order chi connectivity index (χ1) is 7.56. The van der Waals surface area contributed by atoms with Crippen molar-refractivity contribution in [1.82, 2.24) is 0 Å². The molecule has 1 aromatic carbocycles. The summed E-state index contributed by atoms with van der Waals surface area (Å²) in [7, 11) is 0. The van der Waals surface area contributed by atoms with Crippen molar-refractivity contribution in [1.29, 1.82) is 0 Å². The van der Waals surface area contributed by atoms with Crippen LogP contribution < -0.4 is 5.73 Å². The highest BCUT2D eigenvalue weighted by molar-refractivity contribution is 5.72. The summed E-state index contributed by atoms with van der Waals surface area (Å²) in [4.78, 5) is 11.5. The van der Waals surface area contributed by atoms with Crippen LogP contribution in [0.25, 0.3) is 0 Å². The van der Waals surface area contributed by atoms with Gasteiger partial charge in [0.15, 0.2) is 0 Å². The minimum Gasteiger partial charge on any atom is -0.466 e. The van der Waals surface area contributed by atoms with Crippen molar-refractivity contribution in [3.63, 3.8) is 0 Å². The fourth-order valence-corrected chi connectivity index (χ4v) is 1.62. The van der Waals surface area contributed by atoms with Gasteiger partial charge in [0.2, 0.25) is 0 Å². The van der Waals surface area contributed by atoms with Crippen LogP contribution in [-0.2, 0) is 16.0 Å². The molecule has 0 aliphatic rings. The first kappa shape index (κ1) is 12.6. The van der Waals surface area contributed by atoms with Gasteiger partial charge in [-0.15, -0.1) is 0 Å². The number of anilines is 1. The molecule has 0 saturated heterocycles. The number of ether oxygens (including phenoxy) is 1. The zero-order chi connectivity index (χ0) is 12.1. The lowest BCUT2D eigenvalue weighted by molar-refractivity contribution is -0.147. The number of nitrogens with two attached hydrogens (primary N) is 1. The van der Waals surface area contributed by atoms with Gasteiger partial charge in [-0.05, 0) is 37.5 Å². The molecule has 3 nitrogen and oxygen atoms in total. The number of esters is 1. The van der Waals surface area contributed by atoms with Gasteiger partial charge in [0.05, 0.1) is 12.5 Å². The molecule has 2 N–H and O–H groups in total. The van der Waals surface area contributed by atoms with Gasteiger partial charge >= 0.3 is 5.97 Å². The molecule has 1 aromatic rings. The summed E-state index contributed by atoms with van der Waals surface area (Å²) < 4.78 is 4.98.